The van der Waals surface area contributed by atoms with Gasteiger partial charge in [0.05, 0.1) is 6.61 Å². The van der Waals surface area contributed by atoms with Crippen molar-refractivity contribution >= 4 is 11.8 Å². The number of carbonyl (C=O) groups excluding carboxylic acids is 2. The summed E-state index contributed by atoms with van der Waals surface area (Å²) in [4.78, 5) is 28.8. The summed E-state index contributed by atoms with van der Waals surface area (Å²) in [5.41, 5.74) is 1.01. The fourth-order valence-corrected chi connectivity index (χ4v) is 3.19. The third-order valence-electron chi connectivity index (χ3n) is 4.63. The maximum Gasteiger partial charge on any atom is 0.249 e. The summed E-state index contributed by atoms with van der Waals surface area (Å²) in [6.45, 7) is 6.11. The molecule has 2 heterocycles. The van der Waals surface area contributed by atoms with Gasteiger partial charge >= 0.3 is 0 Å². The minimum atomic E-state index is -0.565. The minimum Gasteiger partial charge on any atom is -0.369 e. The van der Waals surface area contributed by atoms with Crippen LogP contribution < -0.4 is 10.6 Å². The topological polar surface area (TPSA) is 73.9 Å². The highest BCUT2D eigenvalue weighted by Gasteiger charge is 2.33. The first-order chi connectivity index (χ1) is 12.2. The zero-order valence-electron chi connectivity index (χ0n) is 14.4. The Hall–Kier alpha value is -1.96. The number of benzene rings is 1. The standard InChI is InChI=1S/C18H26N4O3/c23-17-14-25-13-16(22(17)12-15-4-2-1-3-5-15)18(24)20-8-11-21-9-6-19-7-10-21/h1-5,16,19H,6-14H2,(H,20,24)/t16-/m1/s1. The zero-order valence-corrected chi connectivity index (χ0v) is 14.4. The number of nitrogens with zero attached hydrogens (tertiary/aromatic N) is 2. The molecule has 0 saturated carbocycles. The minimum absolute atomic E-state index is 0.0391. The Kier molecular flexibility index (Phi) is 6.38. The molecule has 1 atom stereocenters. The number of rotatable bonds is 6. The van der Waals surface area contributed by atoms with Crippen LogP contribution in [0.2, 0.25) is 0 Å². The largest absolute Gasteiger partial charge is 0.369 e. The van der Waals surface area contributed by atoms with Crippen LogP contribution in [-0.2, 0) is 20.9 Å². The van der Waals surface area contributed by atoms with Crippen molar-refractivity contribution < 1.29 is 14.3 Å². The summed E-state index contributed by atoms with van der Waals surface area (Å²) < 4.78 is 5.31. The van der Waals surface area contributed by atoms with Crippen molar-refractivity contribution in [1.29, 1.82) is 0 Å². The van der Waals surface area contributed by atoms with E-state index in [0.29, 0.717) is 13.1 Å². The maximum atomic E-state index is 12.6. The first-order valence-electron chi connectivity index (χ1n) is 8.86. The van der Waals surface area contributed by atoms with Crippen molar-refractivity contribution in [3.8, 4) is 0 Å². The number of carbonyl (C=O) groups is 2. The molecule has 1 aromatic carbocycles. The number of morpholine rings is 1. The molecule has 3 rings (SSSR count). The average molecular weight is 346 g/mol. The average Bonchev–Trinajstić information content (AvgIpc) is 2.65. The summed E-state index contributed by atoms with van der Waals surface area (Å²) >= 11 is 0. The van der Waals surface area contributed by atoms with Gasteiger partial charge in [-0.15, -0.1) is 0 Å². The van der Waals surface area contributed by atoms with Gasteiger partial charge < -0.3 is 20.3 Å². The molecule has 25 heavy (non-hydrogen) atoms. The summed E-state index contributed by atoms with van der Waals surface area (Å²) in [5.74, 6) is -0.281. The quantitative estimate of drug-likeness (QED) is 0.722. The van der Waals surface area contributed by atoms with E-state index in [9.17, 15) is 9.59 Å². The number of nitrogens with one attached hydrogen (secondary N) is 2. The maximum absolute atomic E-state index is 12.6. The van der Waals surface area contributed by atoms with Gasteiger partial charge in [0.15, 0.2) is 0 Å². The Labute approximate surface area is 148 Å². The van der Waals surface area contributed by atoms with Crippen LogP contribution >= 0.6 is 0 Å². The highest BCUT2D eigenvalue weighted by atomic mass is 16.5. The Morgan fingerprint density at radius 1 is 1.24 bits per heavy atom. The molecule has 0 aromatic heterocycles. The number of hydrogen-bond acceptors (Lipinski definition) is 5. The van der Waals surface area contributed by atoms with Crippen molar-refractivity contribution in [1.82, 2.24) is 20.4 Å². The molecule has 1 aromatic rings. The summed E-state index contributed by atoms with van der Waals surface area (Å²) in [5, 5.41) is 6.27. The van der Waals surface area contributed by atoms with Crippen LogP contribution in [0.1, 0.15) is 5.56 Å². The normalized spacial score (nSPS) is 22.0. The van der Waals surface area contributed by atoms with E-state index in [1.807, 2.05) is 30.3 Å². The molecule has 0 bridgehead atoms. The van der Waals surface area contributed by atoms with Crippen molar-refractivity contribution in [2.75, 3.05) is 52.5 Å². The molecule has 2 fully saturated rings. The van der Waals surface area contributed by atoms with Crippen molar-refractivity contribution in [3.63, 3.8) is 0 Å². The third-order valence-corrected chi connectivity index (χ3v) is 4.63. The van der Waals surface area contributed by atoms with Gasteiger partial charge in [0.2, 0.25) is 11.8 Å². The third kappa shape index (κ3) is 5.01. The number of hydrogen-bond donors (Lipinski definition) is 2. The van der Waals surface area contributed by atoms with Gasteiger partial charge in [-0.1, -0.05) is 30.3 Å². The van der Waals surface area contributed by atoms with Crippen molar-refractivity contribution in [2.24, 2.45) is 0 Å². The molecule has 0 unspecified atom stereocenters. The van der Waals surface area contributed by atoms with E-state index < -0.39 is 6.04 Å². The van der Waals surface area contributed by atoms with Crippen LogP contribution in [0, 0.1) is 0 Å². The van der Waals surface area contributed by atoms with Gasteiger partial charge in [0.25, 0.3) is 0 Å². The Bertz CT molecular complexity index is 575. The van der Waals surface area contributed by atoms with Crippen LogP contribution in [0.4, 0.5) is 0 Å². The van der Waals surface area contributed by atoms with Gasteiger partial charge in [0.1, 0.15) is 12.6 Å². The van der Waals surface area contributed by atoms with Crippen LogP contribution in [-0.4, -0.2) is 80.1 Å². The number of ether oxygens (including phenoxy) is 1. The second kappa shape index (κ2) is 8.94. The number of piperazine rings is 1. The molecule has 7 heteroatoms. The lowest BCUT2D eigenvalue weighted by Gasteiger charge is -2.35. The van der Waals surface area contributed by atoms with Crippen molar-refractivity contribution in [2.45, 2.75) is 12.6 Å². The second-order valence-corrected chi connectivity index (χ2v) is 6.42. The van der Waals surface area contributed by atoms with E-state index in [1.165, 1.54) is 0 Å². The first-order valence-corrected chi connectivity index (χ1v) is 8.86. The molecular formula is C18H26N4O3. The monoisotopic (exact) mass is 346 g/mol. The summed E-state index contributed by atoms with van der Waals surface area (Å²) in [7, 11) is 0. The van der Waals surface area contributed by atoms with Gasteiger partial charge in [0, 0.05) is 45.8 Å². The second-order valence-electron chi connectivity index (χ2n) is 6.42. The van der Waals surface area contributed by atoms with Gasteiger partial charge in [-0.3, -0.25) is 14.5 Å². The Morgan fingerprint density at radius 2 is 2.00 bits per heavy atom. The lowest BCUT2D eigenvalue weighted by atomic mass is 10.1. The van der Waals surface area contributed by atoms with E-state index in [1.54, 1.807) is 4.90 Å². The molecule has 7 nitrogen and oxygen atoms in total. The van der Waals surface area contributed by atoms with Crippen LogP contribution in [0.15, 0.2) is 30.3 Å². The van der Waals surface area contributed by atoms with Crippen LogP contribution in [0.5, 0.6) is 0 Å². The van der Waals surface area contributed by atoms with Crippen molar-refractivity contribution in [3.05, 3.63) is 35.9 Å². The molecule has 0 spiro atoms. The van der Waals surface area contributed by atoms with E-state index in [0.717, 1.165) is 38.3 Å². The van der Waals surface area contributed by atoms with Crippen LogP contribution in [0.25, 0.3) is 0 Å². The molecule has 0 aliphatic carbocycles. The molecule has 2 aliphatic rings. The van der Waals surface area contributed by atoms with E-state index >= 15 is 0 Å². The Balaban J connectivity index is 1.53. The van der Waals surface area contributed by atoms with E-state index in [2.05, 4.69) is 15.5 Å². The van der Waals surface area contributed by atoms with Gasteiger partial charge in [-0.25, -0.2) is 0 Å². The SMILES string of the molecule is O=C(NCCN1CCNCC1)[C@H]1COCC(=O)N1Cc1ccccc1. The Morgan fingerprint density at radius 3 is 2.76 bits per heavy atom. The predicted molar refractivity (Wildman–Crippen MR) is 93.9 cm³/mol. The molecule has 2 aliphatic heterocycles. The van der Waals surface area contributed by atoms with Gasteiger partial charge in [-0.05, 0) is 5.56 Å². The predicted octanol–water partition coefficient (Wildman–Crippen LogP) is -0.565. The van der Waals surface area contributed by atoms with E-state index in [-0.39, 0.29) is 25.0 Å². The fraction of sp³-hybridized carbons (Fsp3) is 0.556. The summed E-state index contributed by atoms with van der Waals surface area (Å²) in [6.07, 6.45) is 0. The zero-order chi connectivity index (χ0) is 17.5. The highest BCUT2D eigenvalue weighted by molar-refractivity contribution is 5.89. The molecule has 2 amide bonds. The molecule has 0 radical (unpaired) electrons. The summed E-state index contributed by atoms with van der Waals surface area (Å²) in [6, 6.07) is 9.16. The first kappa shape index (κ1) is 17.8. The smallest absolute Gasteiger partial charge is 0.249 e. The molecule has 2 N–H and O–H groups in total. The fourth-order valence-electron chi connectivity index (χ4n) is 3.19. The highest BCUT2D eigenvalue weighted by Crippen LogP contribution is 2.13. The van der Waals surface area contributed by atoms with E-state index in [4.69, 9.17) is 4.74 Å². The lowest BCUT2D eigenvalue weighted by Crippen LogP contribution is -2.56. The van der Waals surface area contributed by atoms with Crippen LogP contribution in [0.3, 0.4) is 0 Å². The number of amides is 2. The molecular weight excluding hydrogens is 320 g/mol. The van der Waals surface area contributed by atoms with Gasteiger partial charge in [-0.2, -0.15) is 0 Å². The molecule has 136 valence electrons. The lowest BCUT2D eigenvalue weighted by molar-refractivity contribution is -0.155. The molecule has 2 saturated heterocycles.